The van der Waals surface area contributed by atoms with Gasteiger partial charge in [0.15, 0.2) is 0 Å². The van der Waals surface area contributed by atoms with Crippen molar-refractivity contribution in [2.75, 3.05) is 0 Å². The molecule has 2 nitrogen and oxygen atoms in total. The summed E-state index contributed by atoms with van der Waals surface area (Å²) in [6.07, 6.45) is 5.40. The summed E-state index contributed by atoms with van der Waals surface area (Å²) in [4.78, 5) is 0. The molecule has 0 bridgehead atoms. The number of hydrogen-bond acceptors (Lipinski definition) is 2. The summed E-state index contributed by atoms with van der Waals surface area (Å²) in [5.41, 5.74) is 0.146. The van der Waals surface area contributed by atoms with Crippen molar-refractivity contribution in [2.45, 2.75) is 6.10 Å². The molecule has 0 spiro atoms. The Morgan fingerprint density at radius 2 is 2.11 bits per heavy atom. The summed E-state index contributed by atoms with van der Waals surface area (Å²) in [5.74, 6) is 0. The second-order valence-corrected chi connectivity index (χ2v) is 1.62. The maximum Gasteiger partial charge on any atom is 1.00 e. The molecule has 0 radical (unpaired) electrons. The van der Waals surface area contributed by atoms with Gasteiger partial charge in [0.2, 0.25) is 0 Å². The number of hydrogen-bond donors (Lipinski definition) is 1. The minimum absolute atomic E-state index is 0. The maximum atomic E-state index is 10.5. The number of rotatable bonds is 0. The predicted molar refractivity (Wildman–Crippen MR) is 29.8 cm³/mol. The summed E-state index contributed by atoms with van der Waals surface area (Å²) < 4.78 is 0. The van der Waals surface area contributed by atoms with E-state index in [9.17, 15) is 5.11 Å². The summed E-state index contributed by atoms with van der Waals surface area (Å²) in [6.45, 7) is 0. The van der Waals surface area contributed by atoms with Gasteiger partial charge < -0.3 is 10.5 Å². The van der Waals surface area contributed by atoms with E-state index in [1.54, 1.807) is 12.2 Å². The second kappa shape index (κ2) is 4.54. The van der Waals surface area contributed by atoms with Crippen molar-refractivity contribution in [3.8, 4) is 0 Å². The average Bonchev–Trinajstić information content (AvgIpc) is 1.77. The Kier molecular flexibility index (Phi) is 4.92. The van der Waals surface area contributed by atoms with Gasteiger partial charge in [0, 0.05) is 5.71 Å². The third-order valence-electron chi connectivity index (χ3n) is 0.979. The molecule has 0 heterocycles. The minimum Gasteiger partial charge on any atom is -0.844 e. The van der Waals surface area contributed by atoms with Crippen molar-refractivity contribution >= 4 is 5.71 Å². The molecular formula is C6H6KNO. The molecule has 0 saturated heterocycles. The van der Waals surface area contributed by atoms with Gasteiger partial charge in [-0.3, -0.25) is 0 Å². The van der Waals surface area contributed by atoms with Crippen LogP contribution in [0.5, 0.6) is 0 Å². The zero-order chi connectivity index (χ0) is 5.98. The molecular weight excluding hydrogens is 141 g/mol. The monoisotopic (exact) mass is 147 g/mol. The van der Waals surface area contributed by atoms with Crippen molar-refractivity contribution in [3.63, 3.8) is 0 Å². The molecule has 1 rings (SSSR count). The fraction of sp³-hybridized carbons (Fsp3) is 0.167. The van der Waals surface area contributed by atoms with Crippen LogP contribution >= 0.6 is 0 Å². The Morgan fingerprint density at radius 1 is 1.44 bits per heavy atom. The molecule has 0 aromatic heterocycles. The molecule has 1 aliphatic carbocycles. The van der Waals surface area contributed by atoms with Crippen LogP contribution in [0, 0.1) is 5.41 Å². The molecule has 3 heteroatoms. The summed E-state index contributed by atoms with van der Waals surface area (Å²) >= 11 is 0. The third-order valence-corrected chi connectivity index (χ3v) is 0.979. The zero-order valence-electron chi connectivity index (χ0n) is 5.29. The van der Waals surface area contributed by atoms with Crippen molar-refractivity contribution in [1.29, 1.82) is 5.41 Å². The molecule has 0 aromatic rings. The van der Waals surface area contributed by atoms with E-state index in [0.29, 0.717) is 0 Å². The van der Waals surface area contributed by atoms with Crippen LogP contribution in [0.4, 0.5) is 0 Å². The summed E-state index contributed by atoms with van der Waals surface area (Å²) in [6, 6.07) is 0. The van der Waals surface area contributed by atoms with E-state index in [0.717, 1.165) is 0 Å². The molecule has 0 aromatic carbocycles. The molecule has 0 aliphatic heterocycles. The molecule has 1 aliphatic rings. The first kappa shape index (κ1) is 9.75. The molecule has 0 saturated carbocycles. The Labute approximate surface area is 96.6 Å². The van der Waals surface area contributed by atoms with Crippen LogP contribution < -0.4 is 56.5 Å². The van der Waals surface area contributed by atoms with Gasteiger partial charge in [0.1, 0.15) is 0 Å². The van der Waals surface area contributed by atoms with Gasteiger partial charge in [-0.15, -0.1) is 0 Å². The maximum absolute atomic E-state index is 10.5. The molecule has 0 fully saturated rings. The molecule has 1 unspecified atom stereocenters. The minimum atomic E-state index is -0.931. The average molecular weight is 147 g/mol. The first-order valence-electron chi connectivity index (χ1n) is 2.40. The fourth-order valence-corrected chi connectivity index (χ4v) is 0.523. The molecule has 1 N–H and O–H groups in total. The van der Waals surface area contributed by atoms with E-state index in [1.165, 1.54) is 12.2 Å². The van der Waals surface area contributed by atoms with Crippen LogP contribution in [-0.2, 0) is 0 Å². The van der Waals surface area contributed by atoms with Gasteiger partial charge >= 0.3 is 51.4 Å². The SMILES string of the molecule is N=C1C=CC=CC1[O-].[K+]. The van der Waals surface area contributed by atoms with Crippen LogP contribution in [0.15, 0.2) is 24.3 Å². The van der Waals surface area contributed by atoms with Gasteiger partial charge in [-0.1, -0.05) is 24.3 Å². The van der Waals surface area contributed by atoms with E-state index in [1.807, 2.05) is 0 Å². The molecule has 42 valence electrons. The van der Waals surface area contributed by atoms with Gasteiger partial charge in [0.05, 0.1) is 0 Å². The normalized spacial score (nSPS) is 23.7. The van der Waals surface area contributed by atoms with Gasteiger partial charge in [-0.2, -0.15) is 0 Å². The van der Waals surface area contributed by atoms with E-state index >= 15 is 0 Å². The molecule has 1 atom stereocenters. The van der Waals surface area contributed by atoms with Crippen LogP contribution in [0.25, 0.3) is 0 Å². The van der Waals surface area contributed by atoms with Crippen molar-refractivity contribution in [3.05, 3.63) is 24.3 Å². The Morgan fingerprint density at radius 3 is 2.44 bits per heavy atom. The van der Waals surface area contributed by atoms with E-state index in [-0.39, 0.29) is 57.1 Å². The fourth-order valence-electron chi connectivity index (χ4n) is 0.523. The predicted octanol–water partition coefficient (Wildman–Crippen LogP) is -3.13. The van der Waals surface area contributed by atoms with Crippen LogP contribution in [0.1, 0.15) is 0 Å². The van der Waals surface area contributed by atoms with Crippen LogP contribution in [0.2, 0.25) is 0 Å². The van der Waals surface area contributed by atoms with Gasteiger partial charge in [0.25, 0.3) is 0 Å². The van der Waals surface area contributed by atoms with Crippen molar-refractivity contribution in [2.24, 2.45) is 0 Å². The quantitative estimate of drug-likeness (QED) is 0.362. The second-order valence-electron chi connectivity index (χ2n) is 1.62. The number of allylic oxidation sites excluding steroid dienone is 2. The van der Waals surface area contributed by atoms with E-state index in [4.69, 9.17) is 5.41 Å². The summed E-state index contributed by atoms with van der Waals surface area (Å²) in [7, 11) is 0. The molecule has 0 amide bonds. The first-order valence-corrected chi connectivity index (χ1v) is 2.40. The van der Waals surface area contributed by atoms with E-state index < -0.39 is 6.10 Å². The zero-order valence-corrected chi connectivity index (χ0v) is 8.42. The smallest absolute Gasteiger partial charge is 0.844 e. The van der Waals surface area contributed by atoms with Gasteiger partial charge in [-0.25, -0.2) is 0 Å². The van der Waals surface area contributed by atoms with E-state index in [2.05, 4.69) is 0 Å². The van der Waals surface area contributed by atoms with Crippen LogP contribution in [-0.4, -0.2) is 11.8 Å². The van der Waals surface area contributed by atoms with Crippen LogP contribution in [0.3, 0.4) is 0 Å². The summed E-state index contributed by atoms with van der Waals surface area (Å²) in [5, 5.41) is 17.5. The molecule has 9 heavy (non-hydrogen) atoms. The largest absolute Gasteiger partial charge is 1.00 e. The Balaban J connectivity index is 0.000000640. The number of nitrogens with one attached hydrogen (secondary N) is 1. The Bertz CT molecular complexity index is 162. The van der Waals surface area contributed by atoms with Crippen molar-refractivity contribution in [1.82, 2.24) is 0 Å². The standard InChI is InChI=1S/C6H6NO.K/c7-5-3-1-2-4-6(5)8;/h1-4,6-7H;/q-1;+1. The van der Waals surface area contributed by atoms with Gasteiger partial charge in [-0.05, 0) is 6.08 Å². The topological polar surface area (TPSA) is 46.9 Å². The van der Waals surface area contributed by atoms with Crippen molar-refractivity contribution < 1.29 is 56.5 Å². The Hall–Kier alpha value is 0.746. The first-order chi connectivity index (χ1) is 3.80. The third kappa shape index (κ3) is 2.89.